The number of aryl methyl sites for hydroxylation is 2. The average Bonchev–Trinajstić information content (AvgIpc) is 3.35. The van der Waals surface area contributed by atoms with Crippen LogP contribution in [0.3, 0.4) is 0 Å². The van der Waals surface area contributed by atoms with Crippen LogP contribution < -0.4 is 0 Å². The van der Waals surface area contributed by atoms with Gasteiger partial charge in [-0.25, -0.2) is 4.98 Å². The number of thiazole rings is 1. The predicted molar refractivity (Wildman–Crippen MR) is 103 cm³/mol. The average molecular weight is 366 g/mol. The van der Waals surface area contributed by atoms with E-state index in [-0.39, 0.29) is 11.9 Å². The maximum absolute atomic E-state index is 12.7. The molecule has 2 aromatic heterocycles. The third kappa shape index (κ3) is 3.42. The molecule has 0 spiro atoms. The first-order chi connectivity index (χ1) is 12.6. The van der Waals surface area contributed by atoms with E-state index in [2.05, 4.69) is 27.8 Å². The lowest BCUT2D eigenvalue weighted by molar-refractivity contribution is -0.129. The minimum absolute atomic E-state index is 0.152. The van der Waals surface area contributed by atoms with Gasteiger partial charge in [-0.2, -0.15) is 5.10 Å². The summed E-state index contributed by atoms with van der Waals surface area (Å²) in [4.78, 5) is 19.3. The summed E-state index contributed by atoms with van der Waals surface area (Å²) in [6.45, 7) is 5.60. The van der Waals surface area contributed by atoms with Crippen LogP contribution in [0.1, 0.15) is 29.5 Å². The number of benzene rings is 1. The van der Waals surface area contributed by atoms with Gasteiger partial charge in [-0.15, -0.1) is 11.3 Å². The van der Waals surface area contributed by atoms with Gasteiger partial charge in [0.25, 0.3) is 0 Å². The Hall–Kier alpha value is -2.47. The van der Waals surface area contributed by atoms with E-state index in [0.717, 1.165) is 47.2 Å². The Balaban J connectivity index is 1.40. The van der Waals surface area contributed by atoms with Crippen molar-refractivity contribution < 1.29 is 4.79 Å². The van der Waals surface area contributed by atoms with Crippen LogP contribution in [0.15, 0.2) is 41.8 Å². The van der Waals surface area contributed by atoms with Gasteiger partial charge >= 0.3 is 0 Å². The Bertz CT molecular complexity index is 915. The van der Waals surface area contributed by atoms with Crippen molar-refractivity contribution in [3.05, 3.63) is 58.9 Å². The van der Waals surface area contributed by atoms with Gasteiger partial charge in [0.2, 0.25) is 5.91 Å². The molecule has 1 atom stereocenters. The van der Waals surface area contributed by atoms with Crippen LogP contribution in [-0.4, -0.2) is 38.7 Å². The van der Waals surface area contributed by atoms with Crippen molar-refractivity contribution in [3.8, 4) is 10.6 Å². The Labute approximate surface area is 157 Å². The van der Waals surface area contributed by atoms with Gasteiger partial charge in [0.15, 0.2) is 0 Å². The number of likely N-dealkylation sites (tertiary alicyclic amines) is 1. The van der Waals surface area contributed by atoms with Crippen LogP contribution in [0.25, 0.3) is 10.6 Å². The smallest absolute Gasteiger partial charge is 0.228 e. The molecular weight excluding hydrogens is 344 g/mol. The van der Waals surface area contributed by atoms with Crippen LogP contribution >= 0.6 is 11.3 Å². The molecule has 1 aromatic carbocycles. The second-order valence-corrected chi connectivity index (χ2v) is 7.70. The lowest BCUT2D eigenvalue weighted by Crippen LogP contribution is -2.30. The lowest BCUT2D eigenvalue weighted by Gasteiger charge is -2.17. The topological polar surface area (TPSA) is 51.0 Å². The molecule has 1 amide bonds. The normalized spacial score (nSPS) is 17.0. The first kappa shape index (κ1) is 17.0. The number of carbonyl (C=O) groups is 1. The van der Waals surface area contributed by atoms with Crippen molar-refractivity contribution in [2.45, 2.75) is 32.7 Å². The zero-order valence-corrected chi connectivity index (χ0v) is 15.9. The maximum Gasteiger partial charge on any atom is 0.228 e. The van der Waals surface area contributed by atoms with Gasteiger partial charge in [-0.3, -0.25) is 9.48 Å². The summed E-state index contributed by atoms with van der Waals surface area (Å²) in [6, 6.07) is 12.5. The SMILES string of the molecule is Cc1cc(C)n(C2CCN(C(=O)Cc3csc(-c4ccccc4)n3)C2)n1. The Morgan fingerprint density at radius 1 is 1.27 bits per heavy atom. The summed E-state index contributed by atoms with van der Waals surface area (Å²) in [6.07, 6.45) is 1.33. The Morgan fingerprint density at radius 2 is 2.08 bits per heavy atom. The maximum atomic E-state index is 12.7. The molecule has 1 unspecified atom stereocenters. The highest BCUT2D eigenvalue weighted by Crippen LogP contribution is 2.26. The molecule has 0 radical (unpaired) electrons. The third-order valence-corrected chi connectivity index (χ3v) is 5.75. The molecule has 1 aliphatic heterocycles. The molecule has 6 heteroatoms. The largest absolute Gasteiger partial charge is 0.340 e. The Kier molecular flexibility index (Phi) is 4.59. The van der Waals surface area contributed by atoms with Crippen molar-refractivity contribution in [1.29, 1.82) is 0 Å². The predicted octanol–water partition coefficient (Wildman–Crippen LogP) is 3.64. The number of aromatic nitrogens is 3. The number of hydrogen-bond acceptors (Lipinski definition) is 4. The van der Waals surface area contributed by atoms with E-state index in [1.165, 1.54) is 0 Å². The number of carbonyl (C=O) groups excluding carboxylic acids is 1. The third-order valence-electron chi connectivity index (χ3n) is 4.81. The van der Waals surface area contributed by atoms with Gasteiger partial charge < -0.3 is 4.90 Å². The van der Waals surface area contributed by atoms with Gasteiger partial charge in [0.05, 0.1) is 23.9 Å². The van der Waals surface area contributed by atoms with E-state index >= 15 is 0 Å². The fourth-order valence-electron chi connectivity index (χ4n) is 3.55. The molecule has 5 nitrogen and oxygen atoms in total. The first-order valence-corrected chi connectivity index (χ1v) is 9.78. The monoisotopic (exact) mass is 366 g/mol. The summed E-state index contributed by atoms with van der Waals surface area (Å²) < 4.78 is 2.07. The molecule has 0 bridgehead atoms. The van der Waals surface area contributed by atoms with E-state index in [9.17, 15) is 4.79 Å². The second kappa shape index (κ2) is 7.03. The highest BCUT2D eigenvalue weighted by Gasteiger charge is 2.29. The van der Waals surface area contributed by atoms with Crippen LogP contribution in [0, 0.1) is 13.8 Å². The molecule has 0 saturated carbocycles. The fourth-order valence-corrected chi connectivity index (χ4v) is 4.38. The van der Waals surface area contributed by atoms with Crippen molar-refractivity contribution in [2.75, 3.05) is 13.1 Å². The quantitative estimate of drug-likeness (QED) is 0.708. The molecule has 4 rings (SSSR count). The first-order valence-electron chi connectivity index (χ1n) is 8.90. The van der Waals surface area contributed by atoms with Crippen molar-refractivity contribution in [2.24, 2.45) is 0 Å². The molecule has 3 aromatic rings. The Morgan fingerprint density at radius 3 is 2.81 bits per heavy atom. The van der Waals surface area contributed by atoms with Crippen molar-refractivity contribution >= 4 is 17.2 Å². The zero-order valence-electron chi connectivity index (χ0n) is 15.1. The van der Waals surface area contributed by atoms with Gasteiger partial charge in [-0.1, -0.05) is 30.3 Å². The van der Waals surface area contributed by atoms with Crippen molar-refractivity contribution in [1.82, 2.24) is 19.7 Å². The van der Waals surface area contributed by atoms with Gasteiger partial charge in [0, 0.05) is 29.7 Å². The van der Waals surface area contributed by atoms with Gasteiger partial charge in [-0.05, 0) is 26.3 Å². The zero-order chi connectivity index (χ0) is 18.1. The molecule has 1 aliphatic rings. The minimum Gasteiger partial charge on any atom is -0.340 e. The summed E-state index contributed by atoms with van der Waals surface area (Å²) in [5.41, 5.74) is 4.15. The van der Waals surface area contributed by atoms with E-state index < -0.39 is 0 Å². The number of amides is 1. The number of hydrogen-bond donors (Lipinski definition) is 0. The molecule has 134 valence electrons. The van der Waals surface area contributed by atoms with E-state index in [1.54, 1.807) is 11.3 Å². The van der Waals surface area contributed by atoms with E-state index in [0.29, 0.717) is 6.42 Å². The molecule has 1 saturated heterocycles. The van der Waals surface area contributed by atoms with Gasteiger partial charge in [0.1, 0.15) is 5.01 Å². The summed E-state index contributed by atoms with van der Waals surface area (Å²) >= 11 is 1.59. The second-order valence-electron chi connectivity index (χ2n) is 6.84. The van der Waals surface area contributed by atoms with Crippen LogP contribution in [0.2, 0.25) is 0 Å². The van der Waals surface area contributed by atoms with Crippen LogP contribution in [-0.2, 0) is 11.2 Å². The van der Waals surface area contributed by atoms with Crippen LogP contribution in [0.4, 0.5) is 0 Å². The molecular formula is C20H22N4OS. The highest BCUT2D eigenvalue weighted by molar-refractivity contribution is 7.13. The molecule has 0 aliphatic carbocycles. The number of nitrogens with zero attached hydrogens (tertiary/aromatic N) is 4. The molecule has 3 heterocycles. The summed E-state index contributed by atoms with van der Waals surface area (Å²) in [7, 11) is 0. The highest BCUT2D eigenvalue weighted by atomic mass is 32.1. The molecule has 1 fully saturated rings. The van der Waals surface area contributed by atoms with Crippen LogP contribution in [0.5, 0.6) is 0 Å². The van der Waals surface area contributed by atoms with Crippen molar-refractivity contribution in [3.63, 3.8) is 0 Å². The molecule has 26 heavy (non-hydrogen) atoms. The number of rotatable bonds is 4. The summed E-state index contributed by atoms with van der Waals surface area (Å²) in [5.74, 6) is 0.152. The minimum atomic E-state index is 0.152. The standard InChI is InChI=1S/C20H22N4OS/c1-14-10-15(2)24(22-14)18-8-9-23(12-18)19(25)11-17-13-26-20(21-17)16-6-4-3-5-7-16/h3-7,10,13,18H,8-9,11-12H2,1-2H3. The lowest BCUT2D eigenvalue weighted by atomic mass is 10.2. The molecule has 0 N–H and O–H groups in total. The van der Waals surface area contributed by atoms with E-state index in [1.807, 2.05) is 47.5 Å². The van der Waals surface area contributed by atoms with E-state index in [4.69, 9.17) is 0 Å². The summed E-state index contributed by atoms with van der Waals surface area (Å²) in [5, 5.41) is 7.54. The fraction of sp³-hybridized carbons (Fsp3) is 0.350.